The van der Waals surface area contributed by atoms with Crippen LogP contribution in [0, 0.1) is 11.8 Å². The molecule has 1 saturated carbocycles. The van der Waals surface area contributed by atoms with Gasteiger partial charge in [0.2, 0.25) is 0 Å². The van der Waals surface area contributed by atoms with E-state index in [1.165, 1.54) is 25.7 Å². The predicted octanol–water partition coefficient (Wildman–Crippen LogP) is 3.22. The average Bonchev–Trinajstić information content (AvgIpc) is 2.23. The average molecular weight is 227 g/mol. The molecule has 1 rings (SSSR count). The third-order valence-corrected chi connectivity index (χ3v) is 4.06. The van der Waals surface area contributed by atoms with E-state index in [4.69, 9.17) is 4.74 Å². The lowest BCUT2D eigenvalue weighted by Gasteiger charge is -2.42. The number of nitrogens with one attached hydrogen (secondary N) is 1. The Morgan fingerprint density at radius 2 is 1.81 bits per heavy atom. The van der Waals surface area contributed by atoms with Crippen LogP contribution < -0.4 is 5.32 Å². The summed E-state index contributed by atoms with van der Waals surface area (Å²) in [4.78, 5) is 0. The quantitative estimate of drug-likeness (QED) is 0.778. The highest BCUT2D eigenvalue weighted by molar-refractivity contribution is 4.89. The molecule has 0 bridgehead atoms. The Hall–Kier alpha value is -0.0800. The van der Waals surface area contributed by atoms with E-state index in [0.717, 1.165) is 12.5 Å². The van der Waals surface area contributed by atoms with E-state index in [1.54, 1.807) is 0 Å². The number of hydrogen-bond donors (Lipinski definition) is 1. The van der Waals surface area contributed by atoms with Crippen LogP contribution in [0.25, 0.3) is 0 Å². The molecule has 0 spiro atoms. The molecule has 2 heteroatoms. The van der Waals surface area contributed by atoms with Crippen LogP contribution in [0.4, 0.5) is 0 Å². The molecule has 1 fully saturated rings. The maximum absolute atomic E-state index is 6.37. The van der Waals surface area contributed by atoms with Gasteiger partial charge in [-0.15, -0.1) is 0 Å². The first kappa shape index (κ1) is 14.0. The smallest absolute Gasteiger partial charge is 0.0810 e. The SMILES string of the molecule is CNCC1(OC(C)C(C)C)CCC(C)CC1. The summed E-state index contributed by atoms with van der Waals surface area (Å²) < 4.78 is 6.37. The van der Waals surface area contributed by atoms with Gasteiger partial charge in [-0.25, -0.2) is 0 Å². The van der Waals surface area contributed by atoms with Crippen LogP contribution in [0.5, 0.6) is 0 Å². The van der Waals surface area contributed by atoms with E-state index in [9.17, 15) is 0 Å². The molecule has 1 aliphatic carbocycles. The minimum Gasteiger partial charge on any atom is -0.370 e. The molecular weight excluding hydrogens is 198 g/mol. The van der Waals surface area contributed by atoms with Crippen molar-refractivity contribution in [2.24, 2.45) is 11.8 Å². The Morgan fingerprint density at radius 3 is 2.25 bits per heavy atom. The van der Waals surface area contributed by atoms with Gasteiger partial charge < -0.3 is 10.1 Å². The Kier molecular flexibility index (Phi) is 5.26. The van der Waals surface area contributed by atoms with Crippen molar-refractivity contribution in [2.75, 3.05) is 13.6 Å². The summed E-state index contributed by atoms with van der Waals surface area (Å²) in [7, 11) is 2.03. The molecule has 0 aromatic carbocycles. The number of ether oxygens (including phenoxy) is 1. The minimum atomic E-state index is 0.102. The summed E-state index contributed by atoms with van der Waals surface area (Å²) in [6.45, 7) is 10.0. The van der Waals surface area contributed by atoms with Crippen LogP contribution in [0.15, 0.2) is 0 Å². The van der Waals surface area contributed by atoms with Gasteiger partial charge in [0.05, 0.1) is 11.7 Å². The van der Waals surface area contributed by atoms with E-state index in [1.807, 2.05) is 7.05 Å². The Labute approximate surface area is 101 Å². The molecular formula is C14H29NO. The summed E-state index contributed by atoms with van der Waals surface area (Å²) in [6.07, 6.45) is 5.42. The summed E-state index contributed by atoms with van der Waals surface area (Å²) in [5.41, 5.74) is 0.102. The van der Waals surface area contributed by atoms with Crippen molar-refractivity contribution in [1.29, 1.82) is 0 Å². The molecule has 0 aromatic rings. The van der Waals surface area contributed by atoms with Crippen molar-refractivity contribution in [1.82, 2.24) is 5.32 Å². The molecule has 1 atom stereocenters. The molecule has 0 heterocycles. The highest BCUT2D eigenvalue weighted by atomic mass is 16.5. The van der Waals surface area contributed by atoms with Gasteiger partial charge in [-0.3, -0.25) is 0 Å². The molecule has 2 nitrogen and oxygen atoms in total. The van der Waals surface area contributed by atoms with E-state index < -0.39 is 0 Å². The highest BCUT2D eigenvalue weighted by Gasteiger charge is 2.36. The maximum Gasteiger partial charge on any atom is 0.0810 e. The standard InChI is InChI=1S/C14H29NO/c1-11(2)13(4)16-14(10-15-5)8-6-12(3)7-9-14/h11-13,15H,6-10H2,1-5H3. The van der Waals surface area contributed by atoms with E-state index >= 15 is 0 Å². The molecule has 96 valence electrons. The molecule has 1 aliphatic rings. The Bertz CT molecular complexity index is 195. The van der Waals surface area contributed by atoms with Crippen molar-refractivity contribution < 1.29 is 4.74 Å². The van der Waals surface area contributed by atoms with E-state index in [0.29, 0.717) is 12.0 Å². The first-order chi connectivity index (χ1) is 7.49. The normalized spacial score (nSPS) is 33.0. The van der Waals surface area contributed by atoms with Gasteiger partial charge in [0, 0.05) is 6.54 Å². The molecule has 0 saturated heterocycles. The van der Waals surface area contributed by atoms with Crippen LogP contribution in [0.1, 0.15) is 53.4 Å². The second kappa shape index (κ2) is 6.02. The zero-order chi connectivity index (χ0) is 12.2. The third kappa shape index (κ3) is 3.74. The Morgan fingerprint density at radius 1 is 1.25 bits per heavy atom. The van der Waals surface area contributed by atoms with Crippen molar-refractivity contribution in [3.05, 3.63) is 0 Å². The van der Waals surface area contributed by atoms with Gasteiger partial charge >= 0.3 is 0 Å². The fourth-order valence-corrected chi connectivity index (χ4v) is 2.48. The molecule has 0 amide bonds. The van der Waals surface area contributed by atoms with E-state index in [-0.39, 0.29) is 5.60 Å². The van der Waals surface area contributed by atoms with Gasteiger partial charge in [-0.1, -0.05) is 20.8 Å². The molecule has 0 radical (unpaired) electrons. The molecule has 0 aromatic heterocycles. The van der Waals surface area contributed by atoms with Crippen molar-refractivity contribution in [3.63, 3.8) is 0 Å². The van der Waals surface area contributed by atoms with Crippen LogP contribution >= 0.6 is 0 Å². The summed E-state index contributed by atoms with van der Waals surface area (Å²) >= 11 is 0. The maximum atomic E-state index is 6.37. The van der Waals surface area contributed by atoms with E-state index in [2.05, 4.69) is 33.0 Å². The van der Waals surface area contributed by atoms with Gasteiger partial charge in [0.25, 0.3) is 0 Å². The zero-order valence-corrected chi connectivity index (χ0v) is 11.7. The molecule has 1 unspecified atom stereocenters. The molecule has 1 N–H and O–H groups in total. The largest absolute Gasteiger partial charge is 0.370 e. The molecule has 0 aliphatic heterocycles. The van der Waals surface area contributed by atoms with Crippen LogP contribution in [-0.2, 0) is 4.74 Å². The second-order valence-corrected chi connectivity index (χ2v) is 5.96. The number of rotatable bonds is 5. The predicted molar refractivity (Wildman–Crippen MR) is 69.7 cm³/mol. The highest BCUT2D eigenvalue weighted by Crippen LogP contribution is 2.36. The van der Waals surface area contributed by atoms with Crippen LogP contribution in [0.2, 0.25) is 0 Å². The zero-order valence-electron chi connectivity index (χ0n) is 11.7. The van der Waals surface area contributed by atoms with Gasteiger partial charge in [0.15, 0.2) is 0 Å². The summed E-state index contributed by atoms with van der Waals surface area (Å²) in [6, 6.07) is 0. The van der Waals surface area contributed by atoms with Crippen LogP contribution in [0.3, 0.4) is 0 Å². The first-order valence-electron chi connectivity index (χ1n) is 6.81. The minimum absolute atomic E-state index is 0.102. The lowest BCUT2D eigenvalue weighted by molar-refractivity contribution is -0.123. The lowest BCUT2D eigenvalue weighted by atomic mass is 9.79. The van der Waals surface area contributed by atoms with Crippen molar-refractivity contribution >= 4 is 0 Å². The lowest BCUT2D eigenvalue weighted by Crippen LogP contribution is -2.47. The number of likely N-dealkylation sites (N-methyl/N-ethyl adjacent to an activating group) is 1. The summed E-state index contributed by atoms with van der Waals surface area (Å²) in [5.74, 6) is 1.48. The topological polar surface area (TPSA) is 21.3 Å². The number of hydrogen-bond acceptors (Lipinski definition) is 2. The van der Waals surface area contributed by atoms with Crippen molar-refractivity contribution in [2.45, 2.75) is 65.1 Å². The van der Waals surface area contributed by atoms with Gasteiger partial charge in [-0.2, -0.15) is 0 Å². The second-order valence-electron chi connectivity index (χ2n) is 5.96. The fraction of sp³-hybridized carbons (Fsp3) is 1.00. The van der Waals surface area contributed by atoms with Gasteiger partial charge in [-0.05, 0) is 51.5 Å². The third-order valence-electron chi connectivity index (χ3n) is 4.06. The summed E-state index contributed by atoms with van der Waals surface area (Å²) in [5, 5.41) is 3.31. The Balaban J connectivity index is 2.58. The van der Waals surface area contributed by atoms with Crippen LogP contribution in [-0.4, -0.2) is 25.3 Å². The fourth-order valence-electron chi connectivity index (χ4n) is 2.48. The first-order valence-corrected chi connectivity index (χ1v) is 6.81. The monoisotopic (exact) mass is 227 g/mol. The molecule has 16 heavy (non-hydrogen) atoms. The van der Waals surface area contributed by atoms with Crippen molar-refractivity contribution in [3.8, 4) is 0 Å². The van der Waals surface area contributed by atoms with Gasteiger partial charge in [0.1, 0.15) is 0 Å².